The van der Waals surface area contributed by atoms with Crippen molar-refractivity contribution in [2.75, 3.05) is 19.6 Å². The van der Waals surface area contributed by atoms with Gasteiger partial charge < -0.3 is 15.7 Å². The van der Waals surface area contributed by atoms with Gasteiger partial charge in [0.25, 0.3) is 0 Å². The third-order valence-corrected chi connectivity index (χ3v) is 5.52. The molecule has 2 aliphatic rings. The lowest BCUT2D eigenvalue weighted by atomic mass is 9.85. The Balaban J connectivity index is 1.56. The zero-order valence-electron chi connectivity index (χ0n) is 15.5. The minimum absolute atomic E-state index is 0.0448. The van der Waals surface area contributed by atoms with Crippen LogP contribution in [0.3, 0.4) is 0 Å². The lowest BCUT2D eigenvalue weighted by molar-refractivity contribution is -0.134. The molecule has 1 aromatic rings. The Bertz CT molecular complexity index is 659. The molecular formula is C20H28FN3O3. The van der Waals surface area contributed by atoms with E-state index in [0.717, 1.165) is 24.8 Å². The van der Waals surface area contributed by atoms with E-state index in [0.29, 0.717) is 32.5 Å². The molecule has 1 saturated carbocycles. The number of halogens is 1. The van der Waals surface area contributed by atoms with E-state index in [-0.39, 0.29) is 30.6 Å². The lowest BCUT2D eigenvalue weighted by Gasteiger charge is -2.35. The van der Waals surface area contributed by atoms with E-state index in [1.54, 1.807) is 12.1 Å². The number of nitrogens with one attached hydrogen (secondary N) is 2. The van der Waals surface area contributed by atoms with Crippen LogP contribution in [-0.2, 0) is 16.1 Å². The maximum absolute atomic E-state index is 13.1. The van der Waals surface area contributed by atoms with Crippen LogP contribution >= 0.6 is 0 Å². The lowest BCUT2D eigenvalue weighted by Crippen LogP contribution is -2.56. The summed E-state index contributed by atoms with van der Waals surface area (Å²) in [6.07, 6.45) is 4.52. The van der Waals surface area contributed by atoms with Crippen molar-refractivity contribution in [1.82, 2.24) is 15.5 Å². The quantitative estimate of drug-likeness (QED) is 0.699. The monoisotopic (exact) mass is 377 g/mol. The Kier molecular flexibility index (Phi) is 6.44. The van der Waals surface area contributed by atoms with Crippen molar-refractivity contribution in [2.24, 2.45) is 0 Å². The summed E-state index contributed by atoms with van der Waals surface area (Å²) in [6.45, 7) is 1.87. The molecule has 1 saturated heterocycles. The first-order valence-electron chi connectivity index (χ1n) is 9.70. The molecule has 1 aliphatic carbocycles. The van der Waals surface area contributed by atoms with Gasteiger partial charge in [-0.05, 0) is 30.5 Å². The zero-order chi connectivity index (χ0) is 19.3. The number of hydrogen-bond acceptors (Lipinski definition) is 4. The first-order valence-corrected chi connectivity index (χ1v) is 9.70. The highest BCUT2D eigenvalue weighted by Crippen LogP contribution is 2.27. The number of benzene rings is 1. The van der Waals surface area contributed by atoms with Crippen LogP contribution in [0.5, 0.6) is 0 Å². The molecule has 0 radical (unpaired) electrons. The van der Waals surface area contributed by atoms with E-state index in [9.17, 15) is 19.1 Å². The van der Waals surface area contributed by atoms with E-state index in [1.807, 2.05) is 4.90 Å². The maximum Gasteiger partial charge on any atom is 0.237 e. The van der Waals surface area contributed by atoms with Crippen molar-refractivity contribution in [3.05, 3.63) is 35.6 Å². The second kappa shape index (κ2) is 8.80. The van der Waals surface area contributed by atoms with Crippen LogP contribution in [0.1, 0.15) is 44.1 Å². The van der Waals surface area contributed by atoms with Gasteiger partial charge in [0, 0.05) is 26.2 Å². The van der Waals surface area contributed by atoms with Gasteiger partial charge in [-0.25, -0.2) is 4.39 Å². The first-order chi connectivity index (χ1) is 13.0. The van der Waals surface area contributed by atoms with Gasteiger partial charge in [0.1, 0.15) is 5.82 Å². The molecule has 0 spiro atoms. The van der Waals surface area contributed by atoms with Gasteiger partial charge in [-0.1, -0.05) is 31.4 Å². The minimum atomic E-state index is -0.823. The van der Waals surface area contributed by atoms with Gasteiger partial charge in [-0.3, -0.25) is 14.5 Å². The van der Waals surface area contributed by atoms with Crippen LogP contribution in [0.25, 0.3) is 0 Å². The first kappa shape index (κ1) is 19.8. The van der Waals surface area contributed by atoms with Crippen LogP contribution in [0.15, 0.2) is 24.3 Å². The molecule has 1 heterocycles. The van der Waals surface area contributed by atoms with Crippen molar-refractivity contribution >= 4 is 11.8 Å². The summed E-state index contributed by atoms with van der Waals surface area (Å²) in [5.41, 5.74) is 0.0734. The fourth-order valence-electron chi connectivity index (χ4n) is 3.90. The fourth-order valence-corrected chi connectivity index (χ4v) is 3.90. The molecule has 1 atom stereocenters. The molecule has 148 valence electrons. The smallest absolute Gasteiger partial charge is 0.237 e. The van der Waals surface area contributed by atoms with Crippen LogP contribution < -0.4 is 10.6 Å². The number of carbonyl (C=O) groups excluding carboxylic acids is 2. The van der Waals surface area contributed by atoms with E-state index in [4.69, 9.17) is 0 Å². The van der Waals surface area contributed by atoms with Gasteiger partial charge in [-0.15, -0.1) is 0 Å². The van der Waals surface area contributed by atoms with Crippen molar-refractivity contribution in [2.45, 2.75) is 56.7 Å². The molecule has 3 N–H and O–H groups in total. The summed E-state index contributed by atoms with van der Waals surface area (Å²) >= 11 is 0. The molecule has 27 heavy (non-hydrogen) atoms. The summed E-state index contributed by atoms with van der Waals surface area (Å²) in [7, 11) is 0. The van der Waals surface area contributed by atoms with E-state index < -0.39 is 11.6 Å². The van der Waals surface area contributed by atoms with Crippen molar-refractivity contribution in [3.63, 3.8) is 0 Å². The number of aliphatic hydroxyl groups is 1. The van der Waals surface area contributed by atoms with Crippen LogP contribution in [0.4, 0.5) is 4.39 Å². The topological polar surface area (TPSA) is 81.7 Å². The Morgan fingerprint density at radius 1 is 1.26 bits per heavy atom. The third-order valence-electron chi connectivity index (χ3n) is 5.52. The second-order valence-electron chi connectivity index (χ2n) is 7.67. The molecule has 1 aliphatic heterocycles. The number of amides is 2. The molecule has 2 fully saturated rings. The normalized spacial score (nSPS) is 22.9. The number of carbonyl (C=O) groups is 2. The molecule has 0 aromatic heterocycles. The van der Waals surface area contributed by atoms with Crippen LogP contribution in [0.2, 0.25) is 0 Å². The molecule has 6 nitrogen and oxygen atoms in total. The number of nitrogens with zero attached hydrogens (tertiary/aromatic N) is 1. The van der Waals surface area contributed by atoms with Gasteiger partial charge >= 0.3 is 0 Å². The molecule has 3 rings (SSSR count). The standard InChI is InChI=1S/C20H28FN3O3/c21-16-6-4-15(5-7-16)13-24-11-10-22-19(26)17(24)12-18(25)23-14-20(27)8-2-1-3-9-20/h4-7,17,27H,1-3,8-14H2,(H,22,26)(H,23,25). The predicted molar refractivity (Wildman–Crippen MR) is 99.3 cm³/mol. The molecular weight excluding hydrogens is 349 g/mol. The highest BCUT2D eigenvalue weighted by atomic mass is 19.1. The van der Waals surface area contributed by atoms with Crippen molar-refractivity contribution < 1.29 is 19.1 Å². The molecule has 7 heteroatoms. The summed E-state index contributed by atoms with van der Waals surface area (Å²) < 4.78 is 13.1. The zero-order valence-corrected chi connectivity index (χ0v) is 15.5. The molecule has 1 unspecified atom stereocenters. The largest absolute Gasteiger partial charge is 0.388 e. The Morgan fingerprint density at radius 3 is 2.67 bits per heavy atom. The van der Waals surface area contributed by atoms with E-state index in [1.165, 1.54) is 12.1 Å². The summed E-state index contributed by atoms with van der Waals surface area (Å²) in [4.78, 5) is 26.7. The number of piperazine rings is 1. The maximum atomic E-state index is 13.1. The molecule has 2 amide bonds. The highest BCUT2D eigenvalue weighted by Gasteiger charge is 2.33. The average Bonchev–Trinajstić information content (AvgIpc) is 2.65. The Hall–Kier alpha value is -1.99. The summed E-state index contributed by atoms with van der Waals surface area (Å²) in [5.74, 6) is -0.707. The average molecular weight is 377 g/mol. The van der Waals surface area contributed by atoms with Crippen molar-refractivity contribution in [1.29, 1.82) is 0 Å². The summed E-state index contributed by atoms with van der Waals surface area (Å²) in [5, 5.41) is 16.1. The van der Waals surface area contributed by atoms with Gasteiger partial charge in [0.15, 0.2) is 0 Å². The van der Waals surface area contributed by atoms with Gasteiger partial charge in [0.05, 0.1) is 18.1 Å². The number of hydrogen-bond donors (Lipinski definition) is 3. The van der Waals surface area contributed by atoms with E-state index >= 15 is 0 Å². The van der Waals surface area contributed by atoms with Gasteiger partial charge in [0.2, 0.25) is 11.8 Å². The fraction of sp³-hybridized carbons (Fsp3) is 0.600. The second-order valence-corrected chi connectivity index (χ2v) is 7.67. The Morgan fingerprint density at radius 2 is 1.96 bits per heavy atom. The summed E-state index contributed by atoms with van der Waals surface area (Å²) in [6, 6.07) is 5.61. The van der Waals surface area contributed by atoms with Crippen LogP contribution in [-0.4, -0.2) is 53.1 Å². The SMILES string of the molecule is O=C(CC1C(=O)NCCN1Cc1ccc(F)cc1)NCC1(O)CCCCC1. The van der Waals surface area contributed by atoms with Crippen LogP contribution in [0, 0.1) is 5.82 Å². The van der Waals surface area contributed by atoms with E-state index in [2.05, 4.69) is 10.6 Å². The third kappa shape index (κ3) is 5.49. The minimum Gasteiger partial charge on any atom is -0.388 e. The molecule has 1 aromatic carbocycles. The van der Waals surface area contributed by atoms with Gasteiger partial charge in [-0.2, -0.15) is 0 Å². The predicted octanol–water partition coefficient (Wildman–Crippen LogP) is 1.33. The molecule has 0 bridgehead atoms. The number of rotatable bonds is 6. The van der Waals surface area contributed by atoms with Crippen molar-refractivity contribution in [3.8, 4) is 0 Å². The highest BCUT2D eigenvalue weighted by molar-refractivity contribution is 5.88. The Labute approximate surface area is 159 Å².